The van der Waals surface area contributed by atoms with Gasteiger partial charge in [0, 0.05) is 18.9 Å². The normalized spacial score (nSPS) is 15.1. The lowest BCUT2D eigenvalue weighted by Gasteiger charge is -2.26. The number of hydrogen-bond acceptors (Lipinski definition) is 1. The lowest BCUT2D eigenvalue weighted by Crippen LogP contribution is -2.28. The summed E-state index contributed by atoms with van der Waals surface area (Å²) in [5, 5.41) is 8.13. The van der Waals surface area contributed by atoms with E-state index >= 15 is 0 Å². The van der Waals surface area contributed by atoms with E-state index in [-0.39, 0.29) is 0 Å². The minimum Gasteiger partial charge on any atom is -0.662 e. The van der Waals surface area contributed by atoms with Crippen LogP contribution in [0.3, 0.4) is 0 Å². The molecule has 0 saturated carbocycles. The summed E-state index contributed by atoms with van der Waals surface area (Å²) in [6, 6.07) is -0.943. The molecule has 1 N–H and O–H groups in total. The first-order valence-electron chi connectivity index (χ1n) is 3.79. The van der Waals surface area contributed by atoms with Crippen LogP contribution in [0, 0.1) is 17.2 Å². The van der Waals surface area contributed by atoms with Gasteiger partial charge in [0.2, 0.25) is 0 Å². The molecule has 0 saturated heterocycles. The molecule has 15 heavy (non-hydrogen) atoms. The van der Waals surface area contributed by atoms with Crippen molar-refractivity contribution >= 4 is 0 Å². The molecule has 0 radical (unpaired) electrons. The number of rotatable bonds is 3. The largest absolute Gasteiger partial charge is 0.662 e. The van der Waals surface area contributed by atoms with Crippen molar-refractivity contribution in [2.45, 2.75) is 31.2 Å². The molecule has 0 aliphatic carbocycles. The van der Waals surface area contributed by atoms with Gasteiger partial charge in [-0.05, 0) is 12.0 Å². The highest BCUT2D eigenvalue weighted by Crippen LogP contribution is 2.35. The standard InChI is InChI=1S/C7H7F6N2/c8-6(9,10)1-4(5(15)3-14)2-7(11,12)13/h4-5,15H,1-2H2/q-1/t5-/m1/s1. The first kappa shape index (κ1) is 14.0. The first-order valence-corrected chi connectivity index (χ1v) is 3.79. The second-order valence-electron chi connectivity index (χ2n) is 3.01. The zero-order valence-electron chi connectivity index (χ0n) is 7.28. The van der Waals surface area contributed by atoms with E-state index in [9.17, 15) is 26.3 Å². The van der Waals surface area contributed by atoms with Crippen LogP contribution >= 0.6 is 0 Å². The summed E-state index contributed by atoms with van der Waals surface area (Å²) in [5.41, 5.74) is 6.78. The highest BCUT2D eigenvalue weighted by Gasteiger charge is 2.39. The zero-order valence-corrected chi connectivity index (χ0v) is 7.28. The molecule has 0 aliphatic heterocycles. The van der Waals surface area contributed by atoms with Crippen LogP contribution in [-0.2, 0) is 0 Å². The highest BCUT2D eigenvalue weighted by atomic mass is 19.4. The van der Waals surface area contributed by atoms with Gasteiger partial charge < -0.3 is 5.73 Å². The molecule has 0 amide bonds. The van der Waals surface area contributed by atoms with E-state index in [1.54, 1.807) is 0 Å². The number of alkyl halides is 6. The molecular formula is C7H7F6N2-. The van der Waals surface area contributed by atoms with Crippen LogP contribution in [0.25, 0.3) is 5.73 Å². The third-order valence-electron chi connectivity index (χ3n) is 1.60. The molecule has 1 atom stereocenters. The van der Waals surface area contributed by atoms with Crippen molar-refractivity contribution in [3.8, 4) is 6.07 Å². The van der Waals surface area contributed by atoms with Gasteiger partial charge in [-0.2, -0.15) is 31.6 Å². The summed E-state index contributed by atoms with van der Waals surface area (Å²) in [6.45, 7) is 0. The number of nitrogens with zero attached hydrogens (tertiary/aromatic N) is 1. The summed E-state index contributed by atoms with van der Waals surface area (Å²) in [6.07, 6.45) is -13.1. The van der Waals surface area contributed by atoms with Crippen molar-refractivity contribution in [2.75, 3.05) is 0 Å². The molecule has 0 unspecified atom stereocenters. The second kappa shape index (κ2) is 4.70. The quantitative estimate of drug-likeness (QED) is 0.688. The SMILES string of the molecule is N#C[C@@H]([NH-])C(CC(F)(F)F)CC(F)(F)F. The Bertz CT molecular complexity index is 221. The van der Waals surface area contributed by atoms with Crippen molar-refractivity contribution in [2.24, 2.45) is 5.92 Å². The van der Waals surface area contributed by atoms with Crippen LogP contribution in [0.2, 0.25) is 0 Å². The van der Waals surface area contributed by atoms with Gasteiger partial charge in [0.05, 0.1) is 0 Å². The van der Waals surface area contributed by atoms with Crippen molar-refractivity contribution < 1.29 is 26.3 Å². The molecule has 0 spiro atoms. The Morgan fingerprint density at radius 1 is 1.00 bits per heavy atom. The summed E-state index contributed by atoms with van der Waals surface area (Å²) < 4.78 is 70.9. The van der Waals surface area contributed by atoms with Crippen LogP contribution in [0.4, 0.5) is 26.3 Å². The maximum Gasteiger partial charge on any atom is 0.389 e. The summed E-state index contributed by atoms with van der Waals surface area (Å²) >= 11 is 0. The zero-order chi connectivity index (χ0) is 12.3. The predicted octanol–water partition coefficient (Wildman–Crippen LogP) is 3.45. The highest BCUT2D eigenvalue weighted by molar-refractivity contribution is 5.01. The van der Waals surface area contributed by atoms with Gasteiger partial charge in [-0.3, -0.25) is 0 Å². The summed E-state index contributed by atoms with van der Waals surface area (Å²) in [5.74, 6) is -2.06. The third kappa shape index (κ3) is 7.02. The number of nitrogens with one attached hydrogen (secondary N) is 1. The average Bonchev–Trinajstić information content (AvgIpc) is 1.96. The van der Waals surface area contributed by atoms with Crippen molar-refractivity contribution in [1.82, 2.24) is 0 Å². The van der Waals surface area contributed by atoms with Gasteiger partial charge >= 0.3 is 12.4 Å². The molecule has 0 aromatic heterocycles. The van der Waals surface area contributed by atoms with Crippen molar-refractivity contribution in [1.29, 1.82) is 5.26 Å². The van der Waals surface area contributed by atoms with Crippen LogP contribution < -0.4 is 0 Å². The van der Waals surface area contributed by atoms with Gasteiger partial charge in [-0.25, -0.2) is 0 Å². The maximum absolute atomic E-state index is 11.8. The fourth-order valence-electron chi connectivity index (χ4n) is 1.01. The molecule has 0 aromatic carbocycles. The van der Waals surface area contributed by atoms with Gasteiger partial charge in [-0.1, -0.05) is 0 Å². The number of halogens is 6. The molecule has 2 nitrogen and oxygen atoms in total. The Labute approximate surface area is 81.7 Å². The van der Waals surface area contributed by atoms with Gasteiger partial charge in [0.15, 0.2) is 0 Å². The van der Waals surface area contributed by atoms with E-state index in [1.807, 2.05) is 0 Å². The molecule has 0 bridgehead atoms. The molecular weight excluding hydrogens is 226 g/mol. The van der Waals surface area contributed by atoms with Gasteiger partial charge in [0.25, 0.3) is 0 Å². The molecule has 8 heteroatoms. The molecule has 0 rings (SSSR count). The molecule has 0 fully saturated rings. The average molecular weight is 233 g/mol. The Hall–Kier alpha value is -0.970. The second-order valence-corrected chi connectivity index (χ2v) is 3.01. The predicted molar refractivity (Wildman–Crippen MR) is 38.6 cm³/mol. The molecule has 0 aliphatic rings. The Balaban J connectivity index is 4.55. The first-order chi connectivity index (χ1) is 6.55. The van der Waals surface area contributed by atoms with E-state index < -0.39 is 37.2 Å². The molecule has 88 valence electrons. The lowest BCUT2D eigenvalue weighted by molar-refractivity contribution is -0.172. The monoisotopic (exact) mass is 233 g/mol. The van der Waals surface area contributed by atoms with E-state index in [2.05, 4.69) is 0 Å². The van der Waals surface area contributed by atoms with Crippen LogP contribution in [-0.4, -0.2) is 18.4 Å². The molecule has 0 heterocycles. The van der Waals surface area contributed by atoms with Crippen LogP contribution in [0.1, 0.15) is 12.8 Å². The summed E-state index contributed by atoms with van der Waals surface area (Å²) in [4.78, 5) is 0. The van der Waals surface area contributed by atoms with Crippen LogP contribution in [0.5, 0.6) is 0 Å². The van der Waals surface area contributed by atoms with Gasteiger partial charge in [0.1, 0.15) is 0 Å². The fourth-order valence-corrected chi connectivity index (χ4v) is 1.01. The fraction of sp³-hybridized carbons (Fsp3) is 0.857. The Kier molecular flexibility index (Phi) is 4.40. The van der Waals surface area contributed by atoms with E-state index in [0.717, 1.165) is 6.07 Å². The Morgan fingerprint density at radius 3 is 1.53 bits per heavy atom. The van der Waals surface area contributed by atoms with E-state index in [4.69, 9.17) is 11.0 Å². The molecule has 0 aromatic rings. The minimum absolute atomic E-state index is 1.08. The maximum atomic E-state index is 11.8. The Morgan fingerprint density at radius 2 is 1.33 bits per heavy atom. The summed E-state index contributed by atoms with van der Waals surface area (Å²) in [7, 11) is 0. The van der Waals surface area contributed by atoms with E-state index in [0.29, 0.717) is 0 Å². The van der Waals surface area contributed by atoms with Crippen molar-refractivity contribution in [3.05, 3.63) is 5.73 Å². The topological polar surface area (TPSA) is 47.6 Å². The van der Waals surface area contributed by atoms with Crippen molar-refractivity contribution in [3.63, 3.8) is 0 Å². The lowest BCUT2D eigenvalue weighted by atomic mass is 9.93. The number of nitriles is 1. The third-order valence-corrected chi connectivity index (χ3v) is 1.60. The number of hydrogen-bond donors (Lipinski definition) is 0. The van der Waals surface area contributed by atoms with Gasteiger partial charge in [-0.15, -0.1) is 0 Å². The minimum atomic E-state index is -4.80. The smallest absolute Gasteiger partial charge is 0.389 e. The van der Waals surface area contributed by atoms with Crippen LogP contribution in [0.15, 0.2) is 0 Å². The van der Waals surface area contributed by atoms with E-state index in [1.165, 1.54) is 0 Å².